The third kappa shape index (κ3) is 3.56. The first-order chi connectivity index (χ1) is 11.7. The number of carbonyl (C=O) groups excluding carboxylic acids is 2. The highest BCUT2D eigenvalue weighted by Gasteiger charge is 2.11. The Balaban J connectivity index is 1.75. The Morgan fingerprint density at radius 2 is 1.79 bits per heavy atom. The Morgan fingerprint density at radius 3 is 2.58 bits per heavy atom. The fourth-order valence-electron chi connectivity index (χ4n) is 2.42. The highest BCUT2D eigenvalue weighted by molar-refractivity contribution is 14.1. The molecule has 0 saturated carbocycles. The fourth-order valence-corrected chi connectivity index (χ4v) is 2.94. The Bertz CT molecular complexity index is 908. The second-order valence-corrected chi connectivity index (χ2v) is 6.30. The third-order valence-corrected chi connectivity index (χ3v) is 4.50. The summed E-state index contributed by atoms with van der Waals surface area (Å²) in [5.41, 5.74) is 1.19. The molecule has 0 aliphatic carbocycles. The predicted octanol–water partition coefficient (Wildman–Crippen LogP) is 4.27. The molecule has 0 bridgehead atoms. The normalized spacial score (nSPS) is 10.4. The third-order valence-electron chi connectivity index (χ3n) is 3.56. The molecule has 3 rings (SSSR count). The molecule has 4 nitrogen and oxygen atoms in total. The van der Waals surface area contributed by atoms with E-state index in [1.54, 1.807) is 6.07 Å². The molecule has 120 valence electrons. The summed E-state index contributed by atoms with van der Waals surface area (Å²) >= 11 is 2.15. The molecule has 0 radical (unpaired) electrons. The summed E-state index contributed by atoms with van der Waals surface area (Å²) in [5.74, 6) is 0.130. The van der Waals surface area contributed by atoms with Crippen LogP contribution in [-0.4, -0.2) is 18.8 Å². The number of carbonyl (C=O) groups is 2. The van der Waals surface area contributed by atoms with Crippen LogP contribution < -0.4 is 10.1 Å². The maximum absolute atomic E-state index is 12.1. The number of benzene rings is 3. The summed E-state index contributed by atoms with van der Waals surface area (Å²) in [5, 5.41) is 4.56. The molecule has 0 aliphatic heterocycles. The average Bonchev–Trinajstić information content (AvgIpc) is 2.61. The zero-order chi connectivity index (χ0) is 16.9. The second kappa shape index (κ2) is 7.44. The van der Waals surface area contributed by atoms with Crippen LogP contribution in [0.25, 0.3) is 10.8 Å². The van der Waals surface area contributed by atoms with Gasteiger partial charge in [0.15, 0.2) is 12.9 Å². The van der Waals surface area contributed by atoms with Gasteiger partial charge in [-0.25, -0.2) is 0 Å². The maximum Gasteiger partial charge on any atom is 0.262 e. The minimum absolute atomic E-state index is 0.163. The van der Waals surface area contributed by atoms with Gasteiger partial charge >= 0.3 is 0 Å². The van der Waals surface area contributed by atoms with E-state index in [-0.39, 0.29) is 12.5 Å². The van der Waals surface area contributed by atoms with Gasteiger partial charge in [-0.2, -0.15) is 0 Å². The molecule has 0 atom stereocenters. The van der Waals surface area contributed by atoms with Crippen LogP contribution in [0.1, 0.15) is 10.4 Å². The summed E-state index contributed by atoms with van der Waals surface area (Å²) in [6.45, 7) is -0.163. The SMILES string of the molecule is O=Cc1c(OCC(=O)Nc2ccccc2I)ccc2ccccc12. The monoisotopic (exact) mass is 431 g/mol. The topological polar surface area (TPSA) is 55.4 Å². The number of anilines is 1. The van der Waals surface area contributed by atoms with Gasteiger partial charge in [-0.15, -0.1) is 0 Å². The first-order valence-corrected chi connectivity index (χ1v) is 8.41. The van der Waals surface area contributed by atoms with Crippen LogP contribution in [0.4, 0.5) is 5.69 Å². The largest absolute Gasteiger partial charge is 0.483 e. The van der Waals surface area contributed by atoms with Gasteiger partial charge in [-0.05, 0) is 51.6 Å². The van der Waals surface area contributed by atoms with Gasteiger partial charge in [-0.3, -0.25) is 9.59 Å². The molecule has 1 N–H and O–H groups in total. The Hall–Kier alpha value is -2.41. The second-order valence-electron chi connectivity index (χ2n) is 5.13. The lowest BCUT2D eigenvalue weighted by Gasteiger charge is -2.11. The van der Waals surface area contributed by atoms with Crippen molar-refractivity contribution < 1.29 is 14.3 Å². The van der Waals surface area contributed by atoms with E-state index in [9.17, 15) is 9.59 Å². The van der Waals surface area contributed by atoms with E-state index in [1.165, 1.54) is 0 Å². The zero-order valence-corrected chi connectivity index (χ0v) is 14.8. The van der Waals surface area contributed by atoms with Crippen molar-refractivity contribution >= 4 is 51.2 Å². The number of halogens is 1. The number of fused-ring (bicyclic) bond motifs is 1. The van der Waals surface area contributed by atoms with Crippen LogP contribution in [-0.2, 0) is 4.79 Å². The minimum atomic E-state index is -0.274. The van der Waals surface area contributed by atoms with Crippen molar-refractivity contribution in [2.24, 2.45) is 0 Å². The molecule has 0 heterocycles. The predicted molar refractivity (Wildman–Crippen MR) is 103 cm³/mol. The lowest BCUT2D eigenvalue weighted by Crippen LogP contribution is -2.21. The first kappa shape index (κ1) is 16.4. The van der Waals surface area contributed by atoms with E-state index in [4.69, 9.17) is 4.74 Å². The van der Waals surface area contributed by atoms with Crippen molar-refractivity contribution in [1.29, 1.82) is 0 Å². The molecule has 0 saturated heterocycles. The van der Waals surface area contributed by atoms with Gasteiger partial charge in [0.25, 0.3) is 5.91 Å². The van der Waals surface area contributed by atoms with Crippen LogP contribution >= 0.6 is 22.6 Å². The molecule has 1 amide bonds. The average molecular weight is 431 g/mol. The molecule has 0 aliphatic rings. The Kier molecular flexibility index (Phi) is 5.10. The molecule has 24 heavy (non-hydrogen) atoms. The number of amides is 1. The first-order valence-electron chi connectivity index (χ1n) is 7.33. The number of nitrogens with one attached hydrogen (secondary N) is 1. The van der Waals surface area contributed by atoms with E-state index in [2.05, 4.69) is 27.9 Å². The number of ether oxygens (including phenoxy) is 1. The quantitative estimate of drug-likeness (QED) is 0.485. The van der Waals surface area contributed by atoms with Crippen molar-refractivity contribution in [2.75, 3.05) is 11.9 Å². The lowest BCUT2D eigenvalue weighted by molar-refractivity contribution is -0.118. The van der Waals surface area contributed by atoms with Crippen molar-refractivity contribution in [3.8, 4) is 5.75 Å². The van der Waals surface area contributed by atoms with Gasteiger partial charge in [0.2, 0.25) is 0 Å². The van der Waals surface area contributed by atoms with Crippen LogP contribution in [0, 0.1) is 3.57 Å². The van der Waals surface area contributed by atoms with Crippen molar-refractivity contribution in [3.63, 3.8) is 0 Å². The summed E-state index contributed by atoms with van der Waals surface area (Å²) in [4.78, 5) is 23.5. The summed E-state index contributed by atoms with van der Waals surface area (Å²) in [6.07, 6.45) is 0.760. The molecular weight excluding hydrogens is 417 g/mol. The molecule has 3 aromatic carbocycles. The molecule has 0 unspecified atom stereocenters. The Morgan fingerprint density at radius 1 is 1.04 bits per heavy atom. The van der Waals surface area contributed by atoms with Gasteiger partial charge in [0.05, 0.1) is 11.3 Å². The summed E-state index contributed by atoms with van der Waals surface area (Å²) in [6, 6.07) is 18.6. The molecule has 5 heteroatoms. The molecule has 0 spiro atoms. The van der Waals surface area contributed by atoms with Crippen molar-refractivity contribution in [2.45, 2.75) is 0 Å². The smallest absolute Gasteiger partial charge is 0.262 e. The molecule has 0 fully saturated rings. The van der Waals surface area contributed by atoms with Crippen LogP contribution in [0.2, 0.25) is 0 Å². The number of aldehydes is 1. The number of hydrogen-bond donors (Lipinski definition) is 1. The number of hydrogen-bond acceptors (Lipinski definition) is 3. The summed E-state index contributed by atoms with van der Waals surface area (Å²) in [7, 11) is 0. The zero-order valence-electron chi connectivity index (χ0n) is 12.7. The van der Waals surface area contributed by atoms with Crippen LogP contribution in [0.15, 0.2) is 60.7 Å². The minimum Gasteiger partial charge on any atom is -0.483 e. The standard InChI is InChI=1S/C19H14INO3/c20-16-7-3-4-8-17(16)21-19(23)12-24-18-10-9-13-5-1-2-6-14(13)15(18)11-22/h1-11H,12H2,(H,21,23). The lowest BCUT2D eigenvalue weighted by atomic mass is 10.0. The molecule has 3 aromatic rings. The summed E-state index contributed by atoms with van der Waals surface area (Å²) < 4.78 is 6.51. The van der Waals surface area contributed by atoms with E-state index in [0.717, 1.165) is 26.3 Å². The van der Waals surface area contributed by atoms with Gasteiger partial charge in [0, 0.05) is 3.57 Å². The van der Waals surface area contributed by atoms with Crippen LogP contribution in [0.5, 0.6) is 5.75 Å². The van der Waals surface area contributed by atoms with Gasteiger partial charge in [0.1, 0.15) is 5.75 Å². The fraction of sp³-hybridized carbons (Fsp3) is 0.0526. The van der Waals surface area contributed by atoms with Crippen LogP contribution in [0.3, 0.4) is 0 Å². The number of rotatable bonds is 5. The Labute approximate surface area is 153 Å². The maximum atomic E-state index is 12.1. The van der Waals surface area contributed by atoms with E-state index in [1.807, 2.05) is 54.6 Å². The van der Waals surface area contributed by atoms with Crippen molar-refractivity contribution in [1.82, 2.24) is 0 Å². The molecular formula is C19H14INO3. The van der Waals surface area contributed by atoms with Gasteiger partial charge in [-0.1, -0.05) is 42.5 Å². The number of para-hydroxylation sites is 1. The van der Waals surface area contributed by atoms with Gasteiger partial charge < -0.3 is 10.1 Å². The van der Waals surface area contributed by atoms with E-state index < -0.39 is 0 Å². The highest BCUT2D eigenvalue weighted by atomic mass is 127. The van der Waals surface area contributed by atoms with E-state index in [0.29, 0.717) is 11.3 Å². The highest BCUT2D eigenvalue weighted by Crippen LogP contribution is 2.26. The molecule has 0 aromatic heterocycles. The van der Waals surface area contributed by atoms with E-state index >= 15 is 0 Å². The van der Waals surface area contributed by atoms with Crippen molar-refractivity contribution in [3.05, 3.63) is 69.8 Å².